The highest BCUT2D eigenvalue weighted by atomic mass is 16.1. The van der Waals surface area contributed by atoms with Gasteiger partial charge in [0.1, 0.15) is 6.29 Å². The van der Waals surface area contributed by atoms with Crippen LogP contribution in [0.3, 0.4) is 0 Å². The van der Waals surface area contributed by atoms with Gasteiger partial charge in [-0.25, -0.2) is 0 Å². The lowest BCUT2D eigenvalue weighted by Gasteiger charge is -2.32. The first-order chi connectivity index (χ1) is 7.31. The third-order valence-corrected chi connectivity index (χ3v) is 3.23. The van der Waals surface area contributed by atoms with Gasteiger partial charge in [-0.2, -0.15) is 0 Å². The van der Waals surface area contributed by atoms with E-state index in [-0.39, 0.29) is 0 Å². The number of benzene rings is 1. The van der Waals surface area contributed by atoms with Crippen LogP contribution in [-0.4, -0.2) is 24.8 Å². The summed E-state index contributed by atoms with van der Waals surface area (Å²) in [5.74, 6) is 0. The van der Waals surface area contributed by atoms with E-state index in [2.05, 4.69) is 24.1 Å². The van der Waals surface area contributed by atoms with Gasteiger partial charge >= 0.3 is 0 Å². The molecule has 80 valence electrons. The molecule has 2 heteroatoms. The molecular formula is C13H17NO. The Morgan fingerprint density at radius 3 is 2.60 bits per heavy atom. The standard InChI is InChI=1S/C13H17NO/c1-14-9-3-2-4-13(14)12-7-5-11(10-15)6-8-12/h5-8,10,13H,2-4,9H2,1H3. The molecule has 0 aliphatic carbocycles. The van der Waals surface area contributed by atoms with Crippen molar-refractivity contribution < 1.29 is 4.79 Å². The number of nitrogens with zero attached hydrogens (tertiary/aromatic N) is 1. The van der Waals surface area contributed by atoms with Crippen LogP contribution in [0.4, 0.5) is 0 Å². The van der Waals surface area contributed by atoms with Crippen molar-refractivity contribution in [3.05, 3.63) is 35.4 Å². The first-order valence-electron chi connectivity index (χ1n) is 5.56. The van der Waals surface area contributed by atoms with Gasteiger partial charge in [0.25, 0.3) is 0 Å². The summed E-state index contributed by atoms with van der Waals surface area (Å²) >= 11 is 0. The van der Waals surface area contributed by atoms with Gasteiger partial charge in [0.05, 0.1) is 0 Å². The fourth-order valence-corrected chi connectivity index (χ4v) is 2.29. The Hall–Kier alpha value is -1.15. The largest absolute Gasteiger partial charge is 0.299 e. The van der Waals surface area contributed by atoms with Crippen LogP contribution < -0.4 is 0 Å². The van der Waals surface area contributed by atoms with Crippen LogP contribution in [0.2, 0.25) is 0 Å². The zero-order chi connectivity index (χ0) is 10.7. The van der Waals surface area contributed by atoms with Gasteiger partial charge in [-0.3, -0.25) is 9.69 Å². The average molecular weight is 203 g/mol. The molecule has 0 saturated carbocycles. The third-order valence-electron chi connectivity index (χ3n) is 3.23. The van der Waals surface area contributed by atoms with Crippen LogP contribution in [-0.2, 0) is 0 Å². The molecule has 0 bridgehead atoms. The molecule has 2 rings (SSSR count). The van der Waals surface area contributed by atoms with Gasteiger partial charge in [-0.15, -0.1) is 0 Å². The normalized spacial score (nSPS) is 22.6. The number of piperidine rings is 1. The smallest absolute Gasteiger partial charge is 0.150 e. The van der Waals surface area contributed by atoms with E-state index in [1.54, 1.807) is 0 Å². The first kappa shape index (κ1) is 10.4. The summed E-state index contributed by atoms with van der Waals surface area (Å²) in [4.78, 5) is 13.0. The minimum absolute atomic E-state index is 0.541. The molecule has 0 amide bonds. The Labute approximate surface area is 90.9 Å². The van der Waals surface area contributed by atoms with Gasteiger partial charge in [-0.1, -0.05) is 30.7 Å². The Bertz CT molecular complexity index is 331. The maximum absolute atomic E-state index is 10.5. The van der Waals surface area contributed by atoms with Crippen molar-refractivity contribution in [2.75, 3.05) is 13.6 Å². The number of rotatable bonds is 2. The van der Waals surface area contributed by atoms with Gasteiger partial charge in [-0.05, 0) is 32.0 Å². The van der Waals surface area contributed by atoms with Crippen LogP contribution in [0, 0.1) is 0 Å². The number of hydrogen-bond acceptors (Lipinski definition) is 2. The summed E-state index contributed by atoms with van der Waals surface area (Å²) in [5, 5.41) is 0. The molecule has 1 heterocycles. The molecule has 0 aromatic heterocycles. The molecule has 1 aromatic carbocycles. The predicted octanol–water partition coefficient (Wildman–Crippen LogP) is 2.66. The van der Waals surface area contributed by atoms with Crippen molar-refractivity contribution in [3.8, 4) is 0 Å². The zero-order valence-electron chi connectivity index (χ0n) is 9.15. The maximum atomic E-state index is 10.5. The van der Waals surface area contributed by atoms with Crippen molar-refractivity contribution in [2.24, 2.45) is 0 Å². The van der Waals surface area contributed by atoms with Crippen molar-refractivity contribution in [1.82, 2.24) is 4.90 Å². The van der Waals surface area contributed by atoms with E-state index in [1.807, 2.05) is 12.1 Å². The summed E-state index contributed by atoms with van der Waals surface area (Å²) in [6.45, 7) is 1.18. The highest BCUT2D eigenvalue weighted by Crippen LogP contribution is 2.29. The molecule has 2 nitrogen and oxygen atoms in total. The zero-order valence-corrected chi connectivity index (χ0v) is 9.15. The van der Waals surface area contributed by atoms with E-state index in [9.17, 15) is 4.79 Å². The van der Waals surface area contributed by atoms with Crippen LogP contribution in [0.25, 0.3) is 0 Å². The number of carbonyl (C=O) groups excluding carboxylic acids is 1. The van der Waals surface area contributed by atoms with E-state index >= 15 is 0 Å². The lowest BCUT2D eigenvalue weighted by Crippen LogP contribution is -2.29. The van der Waals surface area contributed by atoms with Crippen molar-refractivity contribution in [3.63, 3.8) is 0 Å². The second kappa shape index (κ2) is 4.58. The van der Waals surface area contributed by atoms with Gasteiger partial charge < -0.3 is 0 Å². The minimum atomic E-state index is 0.541. The third kappa shape index (κ3) is 2.26. The van der Waals surface area contributed by atoms with E-state index in [1.165, 1.54) is 31.4 Å². The number of hydrogen-bond donors (Lipinski definition) is 0. The van der Waals surface area contributed by atoms with Crippen molar-refractivity contribution >= 4 is 6.29 Å². The molecule has 0 spiro atoms. The Morgan fingerprint density at radius 2 is 2.00 bits per heavy atom. The van der Waals surface area contributed by atoms with E-state index < -0.39 is 0 Å². The molecule has 0 N–H and O–H groups in total. The highest BCUT2D eigenvalue weighted by Gasteiger charge is 2.19. The lowest BCUT2D eigenvalue weighted by molar-refractivity contribution is 0.112. The Balaban J connectivity index is 2.16. The molecule has 1 atom stereocenters. The van der Waals surface area contributed by atoms with Crippen LogP contribution in [0.1, 0.15) is 41.2 Å². The average Bonchev–Trinajstić information content (AvgIpc) is 2.30. The number of aldehydes is 1. The summed E-state index contributed by atoms with van der Waals surface area (Å²) in [5.41, 5.74) is 2.10. The number of likely N-dealkylation sites (tertiary alicyclic amines) is 1. The predicted molar refractivity (Wildman–Crippen MR) is 61.1 cm³/mol. The lowest BCUT2D eigenvalue weighted by atomic mass is 9.95. The second-order valence-electron chi connectivity index (χ2n) is 4.28. The van der Waals surface area contributed by atoms with Gasteiger partial charge in [0.15, 0.2) is 0 Å². The molecule has 1 unspecified atom stereocenters. The van der Waals surface area contributed by atoms with Gasteiger partial charge in [0, 0.05) is 11.6 Å². The molecule has 1 fully saturated rings. The number of carbonyl (C=O) groups is 1. The molecule has 1 aromatic rings. The maximum Gasteiger partial charge on any atom is 0.150 e. The fourth-order valence-electron chi connectivity index (χ4n) is 2.29. The molecule has 1 aliphatic rings. The summed E-state index contributed by atoms with van der Waals surface area (Å²) in [6.07, 6.45) is 4.75. The molecule has 15 heavy (non-hydrogen) atoms. The van der Waals surface area contributed by atoms with E-state index in [0.29, 0.717) is 6.04 Å². The first-order valence-corrected chi connectivity index (χ1v) is 5.56. The summed E-state index contributed by atoms with van der Waals surface area (Å²) in [6, 6.07) is 8.52. The summed E-state index contributed by atoms with van der Waals surface area (Å²) in [7, 11) is 2.18. The van der Waals surface area contributed by atoms with Crippen molar-refractivity contribution in [2.45, 2.75) is 25.3 Å². The van der Waals surface area contributed by atoms with Gasteiger partial charge in [0.2, 0.25) is 0 Å². The Morgan fingerprint density at radius 1 is 1.27 bits per heavy atom. The van der Waals surface area contributed by atoms with Crippen LogP contribution >= 0.6 is 0 Å². The monoisotopic (exact) mass is 203 g/mol. The molecule has 0 radical (unpaired) electrons. The Kier molecular flexibility index (Phi) is 3.17. The van der Waals surface area contributed by atoms with E-state index in [0.717, 1.165) is 11.8 Å². The van der Waals surface area contributed by atoms with Crippen LogP contribution in [0.5, 0.6) is 0 Å². The van der Waals surface area contributed by atoms with Crippen LogP contribution in [0.15, 0.2) is 24.3 Å². The van der Waals surface area contributed by atoms with E-state index in [4.69, 9.17) is 0 Å². The fraction of sp³-hybridized carbons (Fsp3) is 0.462. The minimum Gasteiger partial charge on any atom is -0.299 e. The summed E-state index contributed by atoms with van der Waals surface area (Å²) < 4.78 is 0. The second-order valence-corrected chi connectivity index (χ2v) is 4.28. The van der Waals surface area contributed by atoms with Crippen molar-refractivity contribution in [1.29, 1.82) is 0 Å². The SMILES string of the molecule is CN1CCCCC1c1ccc(C=O)cc1. The molecule has 1 saturated heterocycles. The topological polar surface area (TPSA) is 20.3 Å². The highest BCUT2D eigenvalue weighted by molar-refractivity contribution is 5.74. The molecule has 1 aliphatic heterocycles. The quantitative estimate of drug-likeness (QED) is 0.689. The molecular weight excluding hydrogens is 186 g/mol.